The molecule has 32 valence electrons. The average Bonchev–Trinajstić information content (AvgIpc) is 1.62. The van der Waals surface area contributed by atoms with Gasteiger partial charge < -0.3 is 10.8 Å². The lowest BCUT2D eigenvalue weighted by atomic mass is 10.4. The number of aliphatic hydroxyl groups is 1. The van der Waals surface area contributed by atoms with Crippen molar-refractivity contribution in [2.45, 2.75) is 12.9 Å². The summed E-state index contributed by atoms with van der Waals surface area (Å²) in [5, 5.41) is 8.19. The van der Waals surface area contributed by atoms with Crippen molar-refractivity contribution in [1.29, 1.82) is 0 Å². The Morgan fingerprint density at radius 2 is 3.00 bits per heavy atom. The highest BCUT2D eigenvalue weighted by Crippen LogP contribution is 1.62. The molecule has 0 saturated carbocycles. The Hall–Kier alpha value is -0.0800. The molecular formula is C3H9NO. The Bertz CT molecular complexity index is 71.4. The highest BCUT2D eigenvalue weighted by atomic mass is 16.3. The molecule has 0 bridgehead atoms. The normalized spacial score (nSPS) is 26.4. The minimum atomic E-state index is -2.21. The van der Waals surface area contributed by atoms with Crippen LogP contribution < -0.4 is 5.73 Å². The predicted octanol–water partition coefficient (Wildman–Crippen LogP) is -0.674. The van der Waals surface area contributed by atoms with Crippen LogP contribution in [0.2, 0.25) is 0 Å². The molecule has 0 aromatic rings. The SMILES string of the molecule is [2H]C([2H])([2H])[C@@H](N)CO. The second-order valence-electron chi connectivity index (χ2n) is 0.789. The fraction of sp³-hybridized carbons (Fsp3) is 1.00. The molecule has 0 aliphatic carbocycles. The van der Waals surface area contributed by atoms with Crippen molar-refractivity contribution in [2.24, 2.45) is 5.73 Å². The standard InChI is InChI=1S/C3H9NO/c1-3(4)2-5/h3,5H,2,4H2,1H3/t3-/m1/s1/i1D3. The van der Waals surface area contributed by atoms with E-state index in [1.807, 2.05) is 0 Å². The number of rotatable bonds is 1. The average molecular weight is 78.1 g/mol. The molecule has 0 saturated heterocycles. The monoisotopic (exact) mass is 78.1 g/mol. The van der Waals surface area contributed by atoms with Crippen LogP contribution in [0, 0.1) is 0 Å². The van der Waals surface area contributed by atoms with E-state index in [0.29, 0.717) is 0 Å². The van der Waals surface area contributed by atoms with Crippen molar-refractivity contribution in [3.05, 3.63) is 0 Å². The third-order valence-corrected chi connectivity index (χ3v) is 0.197. The van der Waals surface area contributed by atoms with Crippen molar-refractivity contribution in [3.63, 3.8) is 0 Å². The first-order valence-electron chi connectivity index (χ1n) is 2.85. The quantitative estimate of drug-likeness (QED) is 0.437. The summed E-state index contributed by atoms with van der Waals surface area (Å²) in [6, 6.07) is -1.09. The van der Waals surface area contributed by atoms with E-state index >= 15 is 0 Å². The van der Waals surface area contributed by atoms with E-state index in [1.165, 1.54) is 0 Å². The second-order valence-corrected chi connectivity index (χ2v) is 0.789. The van der Waals surface area contributed by atoms with Crippen LogP contribution in [0.4, 0.5) is 0 Å². The Labute approximate surface area is 35.8 Å². The summed E-state index contributed by atoms with van der Waals surface area (Å²) in [7, 11) is 0. The van der Waals surface area contributed by atoms with Crippen molar-refractivity contribution in [3.8, 4) is 0 Å². The summed E-state index contributed by atoms with van der Waals surface area (Å²) < 4.78 is 19.8. The van der Waals surface area contributed by atoms with Gasteiger partial charge in [0.05, 0.1) is 6.61 Å². The second kappa shape index (κ2) is 2.18. The molecule has 0 amide bonds. The Morgan fingerprint density at radius 1 is 2.40 bits per heavy atom. The molecule has 3 N–H and O–H groups in total. The van der Waals surface area contributed by atoms with E-state index in [9.17, 15) is 0 Å². The molecule has 0 heterocycles. The summed E-state index contributed by atoms with van der Waals surface area (Å²) in [5.41, 5.74) is 4.94. The van der Waals surface area contributed by atoms with E-state index in [-0.39, 0.29) is 0 Å². The van der Waals surface area contributed by atoms with Gasteiger partial charge in [-0.2, -0.15) is 0 Å². The van der Waals surface area contributed by atoms with Crippen molar-refractivity contribution in [2.75, 3.05) is 6.61 Å². The van der Waals surface area contributed by atoms with Gasteiger partial charge in [0.25, 0.3) is 0 Å². The van der Waals surface area contributed by atoms with Crippen LogP contribution >= 0.6 is 0 Å². The first kappa shape index (κ1) is 1.58. The lowest BCUT2D eigenvalue weighted by Gasteiger charge is -1.91. The van der Waals surface area contributed by atoms with Gasteiger partial charge in [0.15, 0.2) is 0 Å². The Kier molecular flexibility index (Phi) is 0.687. The van der Waals surface area contributed by atoms with Crippen LogP contribution in [-0.2, 0) is 0 Å². The molecule has 0 rings (SSSR count). The number of hydrogen-bond acceptors (Lipinski definition) is 2. The maximum Gasteiger partial charge on any atom is 0.0579 e. The third kappa shape index (κ3) is 3.92. The molecule has 0 aliphatic rings. The van der Waals surface area contributed by atoms with Gasteiger partial charge in [-0.05, 0) is 6.85 Å². The summed E-state index contributed by atoms with van der Waals surface area (Å²) in [5.74, 6) is 0. The molecule has 0 aliphatic heterocycles. The van der Waals surface area contributed by atoms with Crippen molar-refractivity contribution >= 4 is 0 Å². The van der Waals surface area contributed by atoms with Gasteiger partial charge >= 0.3 is 0 Å². The fourth-order valence-electron chi connectivity index (χ4n) is 0. The molecule has 0 fully saturated rings. The molecule has 0 aromatic carbocycles. The van der Waals surface area contributed by atoms with E-state index in [0.717, 1.165) is 0 Å². The zero-order valence-electron chi connectivity index (χ0n) is 5.81. The molecule has 2 nitrogen and oxygen atoms in total. The lowest BCUT2D eigenvalue weighted by molar-refractivity contribution is 0.273. The highest BCUT2D eigenvalue weighted by molar-refractivity contribution is 4.43. The molecule has 0 unspecified atom stereocenters. The van der Waals surface area contributed by atoms with E-state index in [1.54, 1.807) is 0 Å². The van der Waals surface area contributed by atoms with E-state index in [2.05, 4.69) is 0 Å². The van der Waals surface area contributed by atoms with Crippen LogP contribution in [0.3, 0.4) is 0 Å². The molecule has 0 aromatic heterocycles. The number of nitrogens with two attached hydrogens (primary N) is 1. The topological polar surface area (TPSA) is 46.2 Å². The number of hydrogen-bond donors (Lipinski definition) is 2. The first-order chi connectivity index (χ1) is 3.48. The van der Waals surface area contributed by atoms with Gasteiger partial charge in [0.2, 0.25) is 0 Å². The summed E-state index contributed by atoms with van der Waals surface area (Å²) in [4.78, 5) is 0. The minimum absolute atomic E-state index is 0.490. The first-order valence-corrected chi connectivity index (χ1v) is 1.35. The van der Waals surface area contributed by atoms with Crippen LogP contribution in [0.25, 0.3) is 0 Å². The van der Waals surface area contributed by atoms with Crippen LogP contribution in [0.1, 0.15) is 11.0 Å². The largest absolute Gasteiger partial charge is 0.395 e. The molecule has 5 heavy (non-hydrogen) atoms. The lowest BCUT2D eigenvalue weighted by Crippen LogP contribution is -2.18. The summed E-state index contributed by atoms with van der Waals surface area (Å²) >= 11 is 0. The highest BCUT2D eigenvalue weighted by Gasteiger charge is 1.81. The third-order valence-electron chi connectivity index (χ3n) is 0.197. The van der Waals surface area contributed by atoms with E-state index in [4.69, 9.17) is 15.0 Å². The van der Waals surface area contributed by atoms with Crippen molar-refractivity contribution < 1.29 is 9.22 Å². The van der Waals surface area contributed by atoms with Crippen LogP contribution in [0.15, 0.2) is 0 Å². The van der Waals surface area contributed by atoms with Gasteiger partial charge in [-0.15, -0.1) is 0 Å². The molecular weight excluding hydrogens is 66.0 g/mol. The molecule has 2 heteroatoms. The van der Waals surface area contributed by atoms with Crippen LogP contribution in [0.5, 0.6) is 0 Å². The van der Waals surface area contributed by atoms with Gasteiger partial charge in [0, 0.05) is 10.2 Å². The van der Waals surface area contributed by atoms with Gasteiger partial charge in [-0.1, -0.05) is 0 Å². The van der Waals surface area contributed by atoms with Gasteiger partial charge in [-0.25, -0.2) is 0 Å². The molecule has 0 radical (unpaired) electrons. The summed E-state index contributed by atoms with van der Waals surface area (Å²) in [6.45, 7) is -2.70. The maximum absolute atomic E-state index is 8.19. The predicted molar refractivity (Wildman–Crippen MR) is 20.7 cm³/mol. The zero-order chi connectivity index (χ0) is 6.78. The Balaban J connectivity index is 3.62. The molecule has 0 spiro atoms. The minimum Gasteiger partial charge on any atom is -0.395 e. The van der Waals surface area contributed by atoms with Gasteiger partial charge in [-0.3, -0.25) is 0 Å². The molecule has 1 atom stereocenters. The summed E-state index contributed by atoms with van der Waals surface area (Å²) in [6.07, 6.45) is 0. The maximum atomic E-state index is 8.19. The Morgan fingerprint density at radius 3 is 3.00 bits per heavy atom. The van der Waals surface area contributed by atoms with E-state index < -0.39 is 19.5 Å². The number of aliphatic hydroxyl groups excluding tert-OH is 1. The fourth-order valence-corrected chi connectivity index (χ4v) is 0. The van der Waals surface area contributed by atoms with Crippen molar-refractivity contribution in [1.82, 2.24) is 0 Å². The smallest absolute Gasteiger partial charge is 0.0579 e. The zero-order valence-corrected chi connectivity index (χ0v) is 2.81. The van der Waals surface area contributed by atoms with Crippen LogP contribution in [-0.4, -0.2) is 17.8 Å². The van der Waals surface area contributed by atoms with Gasteiger partial charge in [0.1, 0.15) is 0 Å².